The maximum absolute atomic E-state index is 10.4. The van der Waals surface area contributed by atoms with Crippen LogP contribution in [0.3, 0.4) is 0 Å². The van der Waals surface area contributed by atoms with Gasteiger partial charge in [0.1, 0.15) is 23.5 Å². The van der Waals surface area contributed by atoms with Crippen LogP contribution < -0.4 is 5.73 Å². The van der Waals surface area contributed by atoms with Gasteiger partial charge in [0.05, 0.1) is 17.5 Å². The van der Waals surface area contributed by atoms with Crippen molar-refractivity contribution in [1.82, 2.24) is 14.5 Å². The summed E-state index contributed by atoms with van der Waals surface area (Å²) in [6.07, 6.45) is 6.89. The topological polar surface area (TPSA) is 97.2 Å². The number of nitrogens with two attached hydrogens (primary N) is 1. The van der Waals surface area contributed by atoms with E-state index in [4.69, 9.17) is 5.73 Å². The van der Waals surface area contributed by atoms with E-state index in [1.54, 1.807) is 18.2 Å². The van der Waals surface area contributed by atoms with Crippen LogP contribution in [0.4, 0.5) is 5.82 Å². The number of aromatic nitrogens is 3. The summed E-state index contributed by atoms with van der Waals surface area (Å²) in [6, 6.07) is 7.03. The van der Waals surface area contributed by atoms with Crippen LogP contribution in [0.5, 0.6) is 5.75 Å². The highest BCUT2D eigenvalue weighted by molar-refractivity contribution is 6.00. The second kappa shape index (κ2) is 5.79. The standard InChI is InChI=1S/C18H20N4O2/c19-17-16-13(11-4-3-5-12(23)8-11)9-22(18(16)21-10-20-17)14-6-1-2-7-15(14)24/h3-5,8-10,14-15,23-24H,1-2,6-7H2,(H2,19,20,21). The maximum atomic E-state index is 10.4. The molecular weight excluding hydrogens is 304 g/mol. The average molecular weight is 324 g/mol. The molecule has 2 aromatic heterocycles. The third-order valence-corrected chi connectivity index (χ3v) is 4.85. The van der Waals surface area contributed by atoms with Crippen LogP contribution in [-0.2, 0) is 0 Å². The number of benzene rings is 1. The van der Waals surface area contributed by atoms with Gasteiger partial charge in [-0.2, -0.15) is 0 Å². The van der Waals surface area contributed by atoms with E-state index in [0.29, 0.717) is 5.82 Å². The van der Waals surface area contributed by atoms with E-state index in [-0.39, 0.29) is 17.9 Å². The van der Waals surface area contributed by atoms with Gasteiger partial charge in [0.25, 0.3) is 0 Å². The minimum Gasteiger partial charge on any atom is -0.508 e. The number of aromatic hydroxyl groups is 1. The monoisotopic (exact) mass is 324 g/mol. The third kappa shape index (κ3) is 2.39. The lowest BCUT2D eigenvalue weighted by atomic mass is 9.92. The predicted octanol–water partition coefficient (Wildman–Crippen LogP) is 2.86. The number of aliphatic hydroxyl groups is 1. The van der Waals surface area contributed by atoms with E-state index in [2.05, 4.69) is 9.97 Å². The molecule has 1 aliphatic rings. The van der Waals surface area contributed by atoms with E-state index in [0.717, 1.165) is 47.8 Å². The van der Waals surface area contributed by atoms with Crippen LogP contribution in [0, 0.1) is 0 Å². The average Bonchev–Trinajstić information content (AvgIpc) is 2.96. The Bertz CT molecular complexity index is 890. The Kier molecular flexibility index (Phi) is 3.61. The highest BCUT2D eigenvalue weighted by atomic mass is 16.3. The van der Waals surface area contributed by atoms with Gasteiger partial charge in [-0.25, -0.2) is 9.97 Å². The summed E-state index contributed by atoms with van der Waals surface area (Å²) in [4.78, 5) is 8.54. The van der Waals surface area contributed by atoms with Crippen LogP contribution in [0.1, 0.15) is 31.7 Å². The van der Waals surface area contributed by atoms with Crippen LogP contribution >= 0.6 is 0 Å². The summed E-state index contributed by atoms with van der Waals surface area (Å²) in [6.45, 7) is 0. The molecule has 2 heterocycles. The molecule has 2 unspecified atom stereocenters. The minimum absolute atomic E-state index is 0.0124. The molecule has 0 spiro atoms. The first kappa shape index (κ1) is 15.0. The number of phenols is 1. The zero-order chi connectivity index (χ0) is 16.7. The van der Waals surface area contributed by atoms with E-state index in [1.165, 1.54) is 6.33 Å². The summed E-state index contributed by atoms with van der Waals surface area (Å²) in [5, 5.41) is 21.0. The van der Waals surface area contributed by atoms with Gasteiger partial charge in [-0.3, -0.25) is 0 Å². The molecule has 1 saturated carbocycles. The lowest BCUT2D eigenvalue weighted by molar-refractivity contribution is 0.0773. The molecule has 0 radical (unpaired) electrons. The van der Waals surface area contributed by atoms with E-state index < -0.39 is 0 Å². The molecule has 1 aromatic carbocycles. The van der Waals surface area contributed by atoms with E-state index in [1.807, 2.05) is 16.8 Å². The lowest BCUT2D eigenvalue weighted by Crippen LogP contribution is -2.27. The third-order valence-electron chi connectivity index (χ3n) is 4.85. The molecule has 6 nitrogen and oxygen atoms in total. The second-order valence-corrected chi connectivity index (χ2v) is 6.38. The number of aliphatic hydroxyl groups excluding tert-OH is 1. The number of phenolic OH excluding ortho intramolecular Hbond substituents is 1. The Morgan fingerprint density at radius 3 is 2.79 bits per heavy atom. The van der Waals surface area contributed by atoms with Crippen molar-refractivity contribution < 1.29 is 10.2 Å². The van der Waals surface area contributed by atoms with Gasteiger partial charge < -0.3 is 20.5 Å². The van der Waals surface area contributed by atoms with E-state index in [9.17, 15) is 10.2 Å². The number of anilines is 1. The highest BCUT2D eigenvalue weighted by Gasteiger charge is 2.27. The van der Waals surface area contributed by atoms with Crippen LogP contribution in [0.2, 0.25) is 0 Å². The normalized spacial score (nSPS) is 21.2. The van der Waals surface area contributed by atoms with E-state index >= 15 is 0 Å². The molecule has 1 aliphatic carbocycles. The van der Waals surface area contributed by atoms with Crippen molar-refractivity contribution in [3.8, 4) is 16.9 Å². The zero-order valence-electron chi connectivity index (χ0n) is 13.3. The minimum atomic E-state index is -0.387. The molecule has 6 heteroatoms. The molecule has 0 saturated heterocycles. The number of hydrogen-bond donors (Lipinski definition) is 3. The summed E-state index contributed by atoms with van der Waals surface area (Å²) >= 11 is 0. The molecule has 1 fully saturated rings. The first-order chi connectivity index (χ1) is 11.6. The molecule has 0 aliphatic heterocycles. The number of hydrogen-bond acceptors (Lipinski definition) is 5. The van der Waals surface area contributed by atoms with Crippen molar-refractivity contribution in [3.05, 3.63) is 36.8 Å². The molecule has 0 bridgehead atoms. The molecule has 3 aromatic rings. The maximum Gasteiger partial charge on any atom is 0.146 e. The Morgan fingerprint density at radius 1 is 1.17 bits per heavy atom. The summed E-state index contributed by atoms with van der Waals surface area (Å²) in [7, 11) is 0. The number of rotatable bonds is 2. The number of fused-ring (bicyclic) bond motifs is 1. The number of nitrogens with zero attached hydrogens (tertiary/aromatic N) is 3. The summed E-state index contributed by atoms with van der Waals surface area (Å²) in [5.74, 6) is 0.601. The van der Waals surface area contributed by atoms with Gasteiger partial charge in [-0.05, 0) is 30.5 Å². The lowest BCUT2D eigenvalue weighted by Gasteiger charge is -2.29. The van der Waals surface area contributed by atoms with Crippen LogP contribution in [-0.4, -0.2) is 30.9 Å². The molecular formula is C18H20N4O2. The van der Waals surface area contributed by atoms with Gasteiger partial charge in [0.2, 0.25) is 0 Å². The van der Waals surface area contributed by atoms with Gasteiger partial charge in [-0.1, -0.05) is 25.0 Å². The Morgan fingerprint density at radius 2 is 2.00 bits per heavy atom. The fourth-order valence-electron chi connectivity index (χ4n) is 3.67. The van der Waals surface area contributed by atoms with Gasteiger partial charge in [0, 0.05) is 11.8 Å². The Hall–Kier alpha value is -2.60. The van der Waals surface area contributed by atoms with Crippen molar-refractivity contribution in [3.63, 3.8) is 0 Å². The number of nitrogen functional groups attached to an aromatic ring is 1. The van der Waals surface area contributed by atoms with Gasteiger partial charge in [0.15, 0.2) is 0 Å². The summed E-state index contributed by atoms with van der Waals surface area (Å²) in [5.41, 5.74) is 8.57. The quantitative estimate of drug-likeness (QED) is 0.673. The first-order valence-electron chi connectivity index (χ1n) is 8.23. The SMILES string of the molecule is Nc1ncnc2c1c(-c1cccc(O)c1)cn2C1CCCCC1O. The van der Waals surface area contributed by atoms with Gasteiger partial charge in [-0.15, -0.1) is 0 Å². The van der Waals surface area contributed by atoms with Gasteiger partial charge >= 0.3 is 0 Å². The zero-order valence-corrected chi connectivity index (χ0v) is 13.3. The highest BCUT2D eigenvalue weighted by Crippen LogP contribution is 2.38. The largest absolute Gasteiger partial charge is 0.508 e. The van der Waals surface area contributed by atoms with Crippen molar-refractivity contribution in [2.75, 3.05) is 5.73 Å². The molecule has 0 amide bonds. The Labute approximate surface area is 139 Å². The van der Waals surface area contributed by atoms with Crippen molar-refractivity contribution >= 4 is 16.9 Å². The fourth-order valence-corrected chi connectivity index (χ4v) is 3.67. The predicted molar refractivity (Wildman–Crippen MR) is 92.6 cm³/mol. The van der Waals surface area contributed by atoms with Crippen molar-refractivity contribution in [2.45, 2.75) is 37.8 Å². The molecule has 24 heavy (non-hydrogen) atoms. The van der Waals surface area contributed by atoms with Crippen LogP contribution in [0.15, 0.2) is 36.8 Å². The second-order valence-electron chi connectivity index (χ2n) is 6.38. The van der Waals surface area contributed by atoms with Crippen molar-refractivity contribution in [1.29, 1.82) is 0 Å². The smallest absolute Gasteiger partial charge is 0.146 e. The first-order valence-corrected chi connectivity index (χ1v) is 8.23. The molecule has 4 N–H and O–H groups in total. The molecule has 124 valence electrons. The fraction of sp³-hybridized carbons (Fsp3) is 0.333. The molecule has 4 rings (SSSR count). The van der Waals surface area contributed by atoms with Crippen LogP contribution in [0.25, 0.3) is 22.2 Å². The Balaban J connectivity index is 1.94. The summed E-state index contributed by atoms with van der Waals surface area (Å²) < 4.78 is 2.02. The van der Waals surface area contributed by atoms with Crippen molar-refractivity contribution in [2.24, 2.45) is 0 Å². The molecule has 2 atom stereocenters.